The summed E-state index contributed by atoms with van der Waals surface area (Å²) < 4.78 is 21.8. The van der Waals surface area contributed by atoms with Gasteiger partial charge in [-0.1, -0.05) is 0 Å². The highest BCUT2D eigenvalue weighted by atomic mass is 16.5. The van der Waals surface area contributed by atoms with Gasteiger partial charge in [-0.25, -0.2) is 9.97 Å². The van der Waals surface area contributed by atoms with Gasteiger partial charge in [-0.2, -0.15) is 0 Å². The van der Waals surface area contributed by atoms with E-state index in [0.29, 0.717) is 17.3 Å². The van der Waals surface area contributed by atoms with Crippen molar-refractivity contribution in [3.05, 3.63) is 67.0 Å². The van der Waals surface area contributed by atoms with Gasteiger partial charge >= 0.3 is 0 Å². The molecule has 0 aliphatic rings. The maximum atomic E-state index is 5.87. The zero-order chi connectivity index (χ0) is 20.9. The van der Waals surface area contributed by atoms with E-state index in [4.69, 9.17) is 18.9 Å². The van der Waals surface area contributed by atoms with E-state index in [1.807, 2.05) is 60.7 Å². The van der Waals surface area contributed by atoms with Crippen LogP contribution in [-0.4, -0.2) is 31.3 Å². The second-order valence-electron chi connectivity index (χ2n) is 6.37. The number of hydrogen-bond donors (Lipinski definition) is 1. The van der Waals surface area contributed by atoms with Gasteiger partial charge in [0.2, 0.25) is 0 Å². The smallest absolute Gasteiger partial charge is 0.162 e. The van der Waals surface area contributed by atoms with Gasteiger partial charge in [0.15, 0.2) is 11.5 Å². The molecule has 1 heterocycles. The van der Waals surface area contributed by atoms with Crippen LogP contribution in [0.1, 0.15) is 0 Å². The van der Waals surface area contributed by atoms with Gasteiger partial charge < -0.3 is 24.3 Å². The van der Waals surface area contributed by atoms with Gasteiger partial charge in [0.1, 0.15) is 29.4 Å². The zero-order valence-corrected chi connectivity index (χ0v) is 16.9. The van der Waals surface area contributed by atoms with Crippen LogP contribution in [0.4, 0.5) is 11.5 Å². The fourth-order valence-electron chi connectivity index (χ4n) is 3.01. The molecular weight excluding hydrogens is 382 g/mol. The quantitative estimate of drug-likeness (QED) is 0.455. The van der Waals surface area contributed by atoms with E-state index >= 15 is 0 Å². The maximum absolute atomic E-state index is 5.87. The Labute approximate surface area is 174 Å². The molecule has 7 heteroatoms. The number of nitrogens with one attached hydrogen (secondary N) is 1. The van der Waals surface area contributed by atoms with Gasteiger partial charge in [-0.05, 0) is 54.6 Å². The van der Waals surface area contributed by atoms with Crippen molar-refractivity contribution < 1.29 is 18.9 Å². The highest BCUT2D eigenvalue weighted by molar-refractivity contribution is 5.93. The lowest BCUT2D eigenvalue weighted by Gasteiger charge is -2.12. The fourth-order valence-corrected chi connectivity index (χ4v) is 3.01. The van der Waals surface area contributed by atoms with Crippen molar-refractivity contribution in [2.45, 2.75) is 0 Å². The third kappa shape index (κ3) is 4.05. The Morgan fingerprint density at radius 3 is 1.90 bits per heavy atom. The summed E-state index contributed by atoms with van der Waals surface area (Å²) in [6.07, 6.45) is 1.51. The highest BCUT2D eigenvalue weighted by Gasteiger charge is 2.11. The monoisotopic (exact) mass is 403 g/mol. The Hall–Kier alpha value is -4.00. The van der Waals surface area contributed by atoms with Crippen LogP contribution in [0.5, 0.6) is 28.7 Å². The third-order valence-corrected chi connectivity index (χ3v) is 4.55. The summed E-state index contributed by atoms with van der Waals surface area (Å²) in [7, 11) is 4.83. The predicted molar refractivity (Wildman–Crippen MR) is 115 cm³/mol. The van der Waals surface area contributed by atoms with Crippen LogP contribution in [0.2, 0.25) is 0 Å². The molecule has 0 spiro atoms. The van der Waals surface area contributed by atoms with Crippen molar-refractivity contribution >= 4 is 22.4 Å². The van der Waals surface area contributed by atoms with E-state index in [2.05, 4.69) is 15.3 Å². The molecule has 0 saturated heterocycles. The lowest BCUT2D eigenvalue weighted by atomic mass is 10.2. The van der Waals surface area contributed by atoms with Crippen molar-refractivity contribution in [3.63, 3.8) is 0 Å². The molecule has 0 aliphatic heterocycles. The molecule has 152 valence electrons. The van der Waals surface area contributed by atoms with Gasteiger partial charge in [-0.3, -0.25) is 0 Å². The molecule has 0 aliphatic carbocycles. The SMILES string of the molecule is COc1ccc(Oc2ccc(Nc3ncnc4cc(OC)c(OC)cc34)cc2)cc1. The average molecular weight is 403 g/mol. The Morgan fingerprint density at radius 1 is 0.667 bits per heavy atom. The van der Waals surface area contributed by atoms with Crippen molar-refractivity contribution in [1.29, 1.82) is 0 Å². The number of benzene rings is 3. The molecule has 0 atom stereocenters. The molecule has 1 N–H and O–H groups in total. The van der Waals surface area contributed by atoms with Gasteiger partial charge in [0, 0.05) is 17.1 Å². The van der Waals surface area contributed by atoms with E-state index < -0.39 is 0 Å². The number of anilines is 2. The summed E-state index contributed by atoms with van der Waals surface area (Å²) in [6, 6.07) is 18.7. The van der Waals surface area contributed by atoms with Crippen molar-refractivity contribution in [2.75, 3.05) is 26.6 Å². The summed E-state index contributed by atoms with van der Waals surface area (Å²) in [5.74, 6) is 4.16. The summed E-state index contributed by atoms with van der Waals surface area (Å²) in [5, 5.41) is 4.15. The molecule has 0 amide bonds. The Kier molecular flexibility index (Phi) is 5.52. The molecule has 0 radical (unpaired) electrons. The number of ether oxygens (including phenoxy) is 4. The van der Waals surface area contributed by atoms with Crippen molar-refractivity contribution in [3.8, 4) is 28.7 Å². The maximum Gasteiger partial charge on any atom is 0.162 e. The van der Waals surface area contributed by atoms with Crippen LogP contribution >= 0.6 is 0 Å². The van der Waals surface area contributed by atoms with Crippen LogP contribution in [0.3, 0.4) is 0 Å². The molecule has 4 rings (SSSR count). The molecule has 4 aromatic rings. The van der Waals surface area contributed by atoms with Crippen LogP contribution in [0.15, 0.2) is 67.0 Å². The minimum Gasteiger partial charge on any atom is -0.497 e. The predicted octanol–water partition coefficient (Wildman–Crippen LogP) is 5.19. The zero-order valence-electron chi connectivity index (χ0n) is 16.9. The summed E-state index contributed by atoms with van der Waals surface area (Å²) in [6.45, 7) is 0. The normalized spacial score (nSPS) is 10.5. The Balaban J connectivity index is 1.54. The first kappa shape index (κ1) is 19.3. The first-order valence-electron chi connectivity index (χ1n) is 9.26. The number of fused-ring (bicyclic) bond motifs is 1. The Morgan fingerprint density at radius 2 is 1.27 bits per heavy atom. The second-order valence-corrected chi connectivity index (χ2v) is 6.37. The van der Waals surface area contributed by atoms with E-state index in [1.54, 1.807) is 21.3 Å². The van der Waals surface area contributed by atoms with E-state index in [1.165, 1.54) is 6.33 Å². The van der Waals surface area contributed by atoms with Crippen LogP contribution in [0, 0.1) is 0 Å². The molecule has 7 nitrogen and oxygen atoms in total. The van der Waals surface area contributed by atoms with Crippen molar-refractivity contribution in [2.24, 2.45) is 0 Å². The lowest BCUT2D eigenvalue weighted by molar-refractivity contribution is 0.356. The number of rotatable bonds is 7. The first-order chi connectivity index (χ1) is 14.7. The van der Waals surface area contributed by atoms with Crippen LogP contribution in [-0.2, 0) is 0 Å². The lowest BCUT2D eigenvalue weighted by Crippen LogP contribution is -1.98. The highest BCUT2D eigenvalue weighted by Crippen LogP contribution is 2.34. The van der Waals surface area contributed by atoms with Crippen LogP contribution < -0.4 is 24.3 Å². The topological polar surface area (TPSA) is 74.7 Å². The molecule has 3 aromatic carbocycles. The van der Waals surface area contributed by atoms with Gasteiger partial charge in [0.25, 0.3) is 0 Å². The summed E-state index contributed by atoms with van der Waals surface area (Å²) >= 11 is 0. The second kappa shape index (κ2) is 8.57. The molecule has 0 unspecified atom stereocenters. The number of methoxy groups -OCH3 is 3. The van der Waals surface area contributed by atoms with Crippen molar-refractivity contribution in [1.82, 2.24) is 9.97 Å². The van der Waals surface area contributed by atoms with E-state index in [9.17, 15) is 0 Å². The molecule has 0 fully saturated rings. The Bertz CT molecular complexity index is 1150. The number of aromatic nitrogens is 2. The fraction of sp³-hybridized carbons (Fsp3) is 0.130. The number of nitrogens with zero attached hydrogens (tertiary/aromatic N) is 2. The largest absolute Gasteiger partial charge is 0.497 e. The summed E-state index contributed by atoms with van der Waals surface area (Å²) in [4.78, 5) is 8.70. The van der Waals surface area contributed by atoms with Crippen LogP contribution in [0.25, 0.3) is 10.9 Å². The summed E-state index contributed by atoms with van der Waals surface area (Å²) in [5.41, 5.74) is 1.62. The minimum absolute atomic E-state index is 0.617. The molecular formula is C23H21N3O4. The number of hydrogen-bond acceptors (Lipinski definition) is 7. The average Bonchev–Trinajstić information content (AvgIpc) is 2.80. The van der Waals surface area contributed by atoms with E-state index in [0.717, 1.165) is 33.8 Å². The van der Waals surface area contributed by atoms with E-state index in [-0.39, 0.29) is 0 Å². The van der Waals surface area contributed by atoms with Gasteiger partial charge in [-0.15, -0.1) is 0 Å². The standard InChI is InChI=1S/C23H21N3O4/c1-27-16-8-10-18(11-9-16)30-17-6-4-15(5-7-17)26-23-19-12-21(28-2)22(29-3)13-20(19)24-14-25-23/h4-14H,1-3H3,(H,24,25,26). The molecule has 30 heavy (non-hydrogen) atoms. The third-order valence-electron chi connectivity index (χ3n) is 4.55. The molecule has 1 aromatic heterocycles. The van der Waals surface area contributed by atoms with Gasteiger partial charge in [0.05, 0.1) is 26.8 Å². The molecule has 0 bridgehead atoms. The molecule has 0 saturated carbocycles. The first-order valence-corrected chi connectivity index (χ1v) is 9.26. The minimum atomic E-state index is 0.617.